The molecule has 1 heterocycles. The minimum absolute atomic E-state index is 0.896. The lowest BCUT2D eigenvalue weighted by atomic mass is 10.1. The smallest absolute Gasteiger partial charge is 0.133 e. The standard InChI is InChI=1S/C20H25BrN2O2/c1-24-18-6-3-16(4-7-18)14-22-9-11-23(12-10-22)15-17-5-8-20(25-2)19(21)13-17/h3-8,13H,9-12,14-15H2,1-2H3/p+2. The van der Waals surface area contributed by atoms with Gasteiger partial charge in [0.1, 0.15) is 50.8 Å². The largest absolute Gasteiger partial charge is 0.497 e. The molecule has 25 heavy (non-hydrogen) atoms. The Hall–Kier alpha value is -1.56. The van der Waals surface area contributed by atoms with Crippen LogP contribution in [0.15, 0.2) is 46.9 Å². The summed E-state index contributed by atoms with van der Waals surface area (Å²) < 4.78 is 11.6. The van der Waals surface area contributed by atoms with Crippen LogP contribution in [-0.4, -0.2) is 40.4 Å². The van der Waals surface area contributed by atoms with E-state index in [9.17, 15) is 0 Å². The molecule has 0 aromatic heterocycles. The van der Waals surface area contributed by atoms with E-state index in [0.717, 1.165) is 29.1 Å². The van der Waals surface area contributed by atoms with E-state index in [1.807, 2.05) is 6.07 Å². The number of hydrogen-bond acceptors (Lipinski definition) is 2. The van der Waals surface area contributed by atoms with Crippen molar-refractivity contribution in [2.75, 3.05) is 40.4 Å². The molecule has 134 valence electrons. The molecule has 0 unspecified atom stereocenters. The van der Waals surface area contributed by atoms with Crippen LogP contribution in [0.2, 0.25) is 0 Å². The molecule has 1 saturated heterocycles. The van der Waals surface area contributed by atoms with Crippen LogP contribution in [0.3, 0.4) is 0 Å². The predicted molar refractivity (Wildman–Crippen MR) is 102 cm³/mol. The first-order valence-corrected chi connectivity index (χ1v) is 9.59. The van der Waals surface area contributed by atoms with Gasteiger partial charge in [0.2, 0.25) is 0 Å². The average molecular weight is 407 g/mol. The van der Waals surface area contributed by atoms with E-state index in [1.165, 1.54) is 37.3 Å². The van der Waals surface area contributed by atoms with Crippen molar-refractivity contribution in [1.82, 2.24) is 0 Å². The molecule has 0 amide bonds. The average Bonchev–Trinajstić information content (AvgIpc) is 2.64. The molecule has 5 heteroatoms. The molecule has 2 N–H and O–H groups in total. The summed E-state index contributed by atoms with van der Waals surface area (Å²) in [6.45, 7) is 7.06. The molecule has 0 spiro atoms. The Bertz CT molecular complexity index is 683. The number of nitrogens with one attached hydrogen (secondary N) is 2. The van der Waals surface area contributed by atoms with Gasteiger partial charge in [0.25, 0.3) is 0 Å². The first-order valence-electron chi connectivity index (χ1n) is 8.80. The van der Waals surface area contributed by atoms with Crippen molar-refractivity contribution in [3.8, 4) is 11.5 Å². The van der Waals surface area contributed by atoms with E-state index >= 15 is 0 Å². The summed E-state index contributed by atoms with van der Waals surface area (Å²) in [5.41, 5.74) is 2.75. The van der Waals surface area contributed by atoms with Crippen molar-refractivity contribution < 1.29 is 19.3 Å². The Morgan fingerprint density at radius 1 is 0.800 bits per heavy atom. The lowest BCUT2D eigenvalue weighted by molar-refractivity contribution is -1.02. The minimum Gasteiger partial charge on any atom is -0.497 e. The van der Waals surface area contributed by atoms with Gasteiger partial charge < -0.3 is 19.3 Å². The van der Waals surface area contributed by atoms with Crippen LogP contribution in [0.25, 0.3) is 0 Å². The molecule has 2 aromatic rings. The van der Waals surface area contributed by atoms with Crippen molar-refractivity contribution >= 4 is 15.9 Å². The Balaban J connectivity index is 1.48. The van der Waals surface area contributed by atoms with Crippen molar-refractivity contribution in [1.29, 1.82) is 0 Å². The summed E-state index contributed by atoms with van der Waals surface area (Å²) >= 11 is 3.58. The van der Waals surface area contributed by atoms with Gasteiger partial charge in [-0.05, 0) is 58.4 Å². The molecule has 0 aliphatic carbocycles. The van der Waals surface area contributed by atoms with E-state index in [2.05, 4.69) is 52.3 Å². The molecule has 1 aliphatic heterocycles. The highest BCUT2D eigenvalue weighted by Crippen LogP contribution is 2.25. The lowest BCUT2D eigenvalue weighted by Gasteiger charge is -2.30. The molecule has 0 atom stereocenters. The summed E-state index contributed by atoms with van der Waals surface area (Å²) in [6, 6.07) is 14.9. The third kappa shape index (κ3) is 4.97. The topological polar surface area (TPSA) is 27.3 Å². The zero-order valence-electron chi connectivity index (χ0n) is 15.0. The zero-order valence-corrected chi connectivity index (χ0v) is 16.6. The highest BCUT2D eigenvalue weighted by Gasteiger charge is 2.23. The van der Waals surface area contributed by atoms with E-state index in [0.29, 0.717) is 0 Å². The molecule has 2 aromatic carbocycles. The van der Waals surface area contributed by atoms with Crippen LogP contribution in [0.1, 0.15) is 11.1 Å². The fourth-order valence-corrected chi connectivity index (χ4v) is 4.04. The normalized spacial score (nSPS) is 20.3. The SMILES string of the molecule is COc1ccc(C[NH+]2CC[NH+](Cc3ccc(OC)c(Br)c3)CC2)cc1. The van der Waals surface area contributed by atoms with Gasteiger partial charge in [-0.25, -0.2) is 0 Å². The fourth-order valence-electron chi connectivity index (χ4n) is 3.45. The first kappa shape index (κ1) is 18.2. The number of rotatable bonds is 6. The Morgan fingerprint density at radius 3 is 1.88 bits per heavy atom. The first-order chi connectivity index (χ1) is 12.2. The fraction of sp³-hybridized carbons (Fsp3) is 0.400. The van der Waals surface area contributed by atoms with E-state index in [4.69, 9.17) is 9.47 Å². The molecule has 0 radical (unpaired) electrons. The third-order valence-electron chi connectivity index (χ3n) is 4.95. The zero-order chi connectivity index (χ0) is 17.6. The highest BCUT2D eigenvalue weighted by molar-refractivity contribution is 9.10. The third-order valence-corrected chi connectivity index (χ3v) is 5.57. The van der Waals surface area contributed by atoms with Crippen LogP contribution >= 0.6 is 15.9 Å². The number of hydrogen-bond donors (Lipinski definition) is 2. The molecule has 1 aliphatic rings. The summed E-state index contributed by atoms with van der Waals surface area (Å²) in [5, 5.41) is 0. The summed E-state index contributed by atoms with van der Waals surface area (Å²) in [5.74, 6) is 1.83. The molecule has 1 fully saturated rings. The van der Waals surface area contributed by atoms with Crippen molar-refractivity contribution in [3.05, 3.63) is 58.1 Å². The molecular weight excluding hydrogens is 380 g/mol. The predicted octanol–water partition coefficient (Wildman–Crippen LogP) is 0.950. The van der Waals surface area contributed by atoms with Gasteiger partial charge in [-0.15, -0.1) is 0 Å². The van der Waals surface area contributed by atoms with Crippen LogP contribution in [-0.2, 0) is 13.1 Å². The Morgan fingerprint density at radius 2 is 1.36 bits per heavy atom. The molecule has 0 saturated carbocycles. The summed E-state index contributed by atoms with van der Waals surface area (Å²) in [7, 11) is 3.42. The van der Waals surface area contributed by atoms with E-state index in [-0.39, 0.29) is 0 Å². The van der Waals surface area contributed by atoms with Crippen LogP contribution in [0, 0.1) is 0 Å². The maximum Gasteiger partial charge on any atom is 0.133 e. The monoisotopic (exact) mass is 406 g/mol. The maximum absolute atomic E-state index is 5.31. The maximum atomic E-state index is 5.31. The Kier molecular flexibility index (Phi) is 6.34. The van der Waals surface area contributed by atoms with Gasteiger partial charge >= 0.3 is 0 Å². The second kappa shape index (κ2) is 8.70. The molecule has 3 rings (SSSR count). The molecule has 4 nitrogen and oxygen atoms in total. The number of halogens is 1. The van der Waals surface area contributed by atoms with Crippen molar-refractivity contribution in [2.24, 2.45) is 0 Å². The summed E-state index contributed by atoms with van der Waals surface area (Å²) in [4.78, 5) is 3.33. The molecular formula is C20H27BrN2O2+2. The number of quaternary nitrogens is 2. The molecule has 0 bridgehead atoms. The number of piperazine rings is 1. The van der Waals surface area contributed by atoms with Crippen molar-refractivity contribution in [3.63, 3.8) is 0 Å². The number of ether oxygens (including phenoxy) is 2. The van der Waals surface area contributed by atoms with Gasteiger partial charge in [-0.3, -0.25) is 0 Å². The second-order valence-corrected chi connectivity index (χ2v) is 7.52. The van der Waals surface area contributed by atoms with Crippen LogP contribution < -0.4 is 19.3 Å². The second-order valence-electron chi connectivity index (χ2n) is 6.67. The highest BCUT2D eigenvalue weighted by atomic mass is 79.9. The lowest BCUT2D eigenvalue weighted by Crippen LogP contribution is -3.27. The van der Waals surface area contributed by atoms with E-state index in [1.54, 1.807) is 24.0 Å². The minimum atomic E-state index is 0.896. The number of methoxy groups -OCH3 is 2. The van der Waals surface area contributed by atoms with Crippen LogP contribution in [0.4, 0.5) is 0 Å². The van der Waals surface area contributed by atoms with Gasteiger partial charge in [0, 0.05) is 11.1 Å². The Labute approximate surface area is 158 Å². The number of benzene rings is 2. The van der Waals surface area contributed by atoms with Gasteiger partial charge in [-0.2, -0.15) is 0 Å². The van der Waals surface area contributed by atoms with E-state index < -0.39 is 0 Å². The van der Waals surface area contributed by atoms with Crippen LogP contribution in [0.5, 0.6) is 11.5 Å². The van der Waals surface area contributed by atoms with Gasteiger partial charge in [0.15, 0.2) is 0 Å². The van der Waals surface area contributed by atoms with Gasteiger partial charge in [0.05, 0.1) is 18.7 Å². The quantitative estimate of drug-likeness (QED) is 0.747. The summed E-state index contributed by atoms with van der Waals surface area (Å²) in [6.07, 6.45) is 0. The van der Waals surface area contributed by atoms with Gasteiger partial charge in [-0.1, -0.05) is 0 Å². The van der Waals surface area contributed by atoms with Crippen molar-refractivity contribution in [2.45, 2.75) is 13.1 Å².